The lowest BCUT2D eigenvalue weighted by Crippen LogP contribution is -2.50. The molecule has 1 atom stereocenters. The molecule has 0 heterocycles. The van der Waals surface area contributed by atoms with Crippen LogP contribution in [0.4, 0.5) is 0 Å². The summed E-state index contributed by atoms with van der Waals surface area (Å²) in [5.74, 6) is 0. The highest BCUT2D eigenvalue weighted by Crippen LogP contribution is 2.23. The molecule has 0 saturated heterocycles. The van der Waals surface area contributed by atoms with E-state index in [0.717, 1.165) is 25.9 Å². The van der Waals surface area contributed by atoms with Crippen molar-refractivity contribution in [3.8, 4) is 0 Å². The molecular weight excluding hydrogens is 166 g/mol. The number of hydrogen-bond acceptors (Lipinski definition) is 3. The van der Waals surface area contributed by atoms with Gasteiger partial charge in [0.05, 0.1) is 12.7 Å². The van der Waals surface area contributed by atoms with Crippen molar-refractivity contribution in [2.24, 2.45) is 0 Å². The van der Waals surface area contributed by atoms with Gasteiger partial charge in [-0.25, -0.2) is 0 Å². The largest absolute Gasteiger partial charge is 0.395 e. The second-order valence-electron chi connectivity index (χ2n) is 3.70. The third kappa shape index (κ3) is 3.25. The average molecular weight is 187 g/mol. The monoisotopic (exact) mass is 187 g/mol. The molecular formula is C10H21NO2. The van der Waals surface area contributed by atoms with Gasteiger partial charge in [-0.15, -0.1) is 0 Å². The minimum atomic E-state index is 0.242. The van der Waals surface area contributed by atoms with Crippen molar-refractivity contribution in [2.45, 2.75) is 51.3 Å². The first-order valence-corrected chi connectivity index (χ1v) is 5.28. The predicted molar refractivity (Wildman–Crippen MR) is 52.7 cm³/mol. The molecule has 3 nitrogen and oxygen atoms in total. The molecule has 1 fully saturated rings. The molecule has 1 rings (SSSR count). The standard InChI is InChI=1S/C10H21NO2/c1-3-8(7-12)11-9-5-10(6-9)13-4-2/h8-12H,3-7H2,1-2H3/t8-,9?,10?/m1/s1. The fourth-order valence-electron chi connectivity index (χ4n) is 1.71. The molecule has 0 radical (unpaired) electrons. The van der Waals surface area contributed by atoms with Crippen LogP contribution in [0.25, 0.3) is 0 Å². The zero-order chi connectivity index (χ0) is 9.68. The van der Waals surface area contributed by atoms with Crippen LogP contribution >= 0.6 is 0 Å². The molecule has 2 N–H and O–H groups in total. The Morgan fingerprint density at radius 3 is 2.62 bits per heavy atom. The molecule has 0 aliphatic heterocycles. The topological polar surface area (TPSA) is 41.5 Å². The van der Waals surface area contributed by atoms with E-state index in [0.29, 0.717) is 12.1 Å². The van der Waals surface area contributed by atoms with Crippen molar-refractivity contribution >= 4 is 0 Å². The zero-order valence-corrected chi connectivity index (χ0v) is 8.62. The molecule has 0 aromatic rings. The summed E-state index contributed by atoms with van der Waals surface area (Å²) < 4.78 is 5.45. The van der Waals surface area contributed by atoms with Gasteiger partial charge < -0.3 is 15.2 Å². The van der Waals surface area contributed by atoms with Gasteiger partial charge in [-0.05, 0) is 26.2 Å². The van der Waals surface area contributed by atoms with Crippen molar-refractivity contribution < 1.29 is 9.84 Å². The minimum absolute atomic E-state index is 0.242. The highest BCUT2D eigenvalue weighted by Gasteiger charge is 2.30. The van der Waals surface area contributed by atoms with E-state index >= 15 is 0 Å². The summed E-state index contributed by atoms with van der Waals surface area (Å²) in [5.41, 5.74) is 0. The SMILES string of the molecule is CCOC1CC(N[C@H](CC)CO)C1. The maximum atomic E-state index is 8.97. The molecule has 78 valence electrons. The number of ether oxygens (including phenoxy) is 1. The Labute approximate surface area is 80.5 Å². The Hall–Kier alpha value is -0.120. The molecule has 0 amide bonds. The van der Waals surface area contributed by atoms with Crippen LogP contribution in [0, 0.1) is 0 Å². The average Bonchev–Trinajstić information content (AvgIpc) is 2.09. The van der Waals surface area contributed by atoms with Gasteiger partial charge in [0.1, 0.15) is 0 Å². The smallest absolute Gasteiger partial charge is 0.0604 e. The second-order valence-corrected chi connectivity index (χ2v) is 3.70. The van der Waals surface area contributed by atoms with Gasteiger partial charge in [0.2, 0.25) is 0 Å². The van der Waals surface area contributed by atoms with E-state index in [9.17, 15) is 0 Å². The minimum Gasteiger partial charge on any atom is -0.395 e. The zero-order valence-electron chi connectivity index (χ0n) is 8.62. The molecule has 0 aromatic carbocycles. The summed E-state index contributed by atoms with van der Waals surface area (Å²) in [6.07, 6.45) is 3.65. The molecule has 3 heteroatoms. The van der Waals surface area contributed by atoms with E-state index in [4.69, 9.17) is 9.84 Å². The lowest BCUT2D eigenvalue weighted by atomic mass is 9.88. The summed E-state index contributed by atoms with van der Waals surface area (Å²) in [6, 6.07) is 0.834. The Bertz CT molecular complexity index is 131. The third-order valence-corrected chi connectivity index (χ3v) is 2.68. The molecule has 1 aliphatic rings. The number of aliphatic hydroxyl groups excluding tert-OH is 1. The van der Waals surface area contributed by atoms with Crippen LogP contribution in [0.1, 0.15) is 33.1 Å². The summed E-state index contributed by atoms with van der Waals surface area (Å²) in [5, 5.41) is 12.4. The van der Waals surface area contributed by atoms with E-state index < -0.39 is 0 Å². The maximum Gasteiger partial charge on any atom is 0.0604 e. The van der Waals surface area contributed by atoms with Gasteiger partial charge in [-0.1, -0.05) is 6.92 Å². The molecule has 13 heavy (non-hydrogen) atoms. The normalized spacial score (nSPS) is 29.8. The number of hydrogen-bond donors (Lipinski definition) is 2. The number of nitrogens with one attached hydrogen (secondary N) is 1. The van der Waals surface area contributed by atoms with Gasteiger partial charge in [0, 0.05) is 18.7 Å². The molecule has 0 aromatic heterocycles. The summed E-state index contributed by atoms with van der Waals surface area (Å²) in [4.78, 5) is 0. The van der Waals surface area contributed by atoms with Gasteiger partial charge in [-0.3, -0.25) is 0 Å². The predicted octanol–water partition coefficient (Wildman–Crippen LogP) is 0.914. The van der Waals surface area contributed by atoms with E-state index in [1.165, 1.54) is 0 Å². The van der Waals surface area contributed by atoms with Crippen LogP contribution in [0.5, 0.6) is 0 Å². The third-order valence-electron chi connectivity index (χ3n) is 2.68. The molecule has 0 spiro atoms. The van der Waals surface area contributed by atoms with Gasteiger partial charge in [0.25, 0.3) is 0 Å². The fraction of sp³-hybridized carbons (Fsp3) is 1.00. The van der Waals surface area contributed by atoms with Crippen LogP contribution in [0.3, 0.4) is 0 Å². The molecule has 0 unspecified atom stereocenters. The van der Waals surface area contributed by atoms with Crippen LogP contribution in [0.2, 0.25) is 0 Å². The molecule has 1 saturated carbocycles. The van der Waals surface area contributed by atoms with Crippen molar-refractivity contribution in [1.29, 1.82) is 0 Å². The summed E-state index contributed by atoms with van der Waals surface area (Å²) in [7, 11) is 0. The van der Waals surface area contributed by atoms with Crippen molar-refractivity contribution in [1.82, 2.24) is 5.32 Å². The van der Waals surface area contributed by atoms with Crippen LogP contribution in [-0.4, -0.2) is 36.5 Å². The first-order chi connectivity index (χ1) is 6.30. The van der Waals surface area contributed by atoms with E-state index in [1.807, 2.05) is 6.92 Å². The van der Waals surface area contributed by atoms with Crippen molar-refractivity contribution in [3.63, 3.8) is 0 Å². The van der Waals surface area contributed by atoms with Crippen LogP contribution in [0.15, 0.2) is 0 Å². The second kappa shape index (κ2) is 5.58. The van der Waals surface area contributed by atoms with Crippen molar-refractivity contribution in [3.05, 3.63) is 0 Å². The van der Waals surface area contributed by atoms with Crippen LogP contribution < -0.4 is 5.32 Å². The lowest BCUT2D eigenvalue weighted by Gasteiger charge is -2.37. The Balaban J connectivity index is 2.06. The molecule has 1 aliphatic carbocycles. The first-order valence-electron chi connectivity index (χ1n) is 5.28. The van der Waals surface area contributed by atoms with E-state index in [1.54, 1.807) is 0 Å². The number of rotatable bonds is 6. The summed E-state index contributed by atoms with van der Waals surface area (Å²) >= 11 is 0. The highest BCUT2D eigenvalue weighted by atomic mass is 16.5. The Morgan fingerprint density at radius 1 is 1.46 bits per heavy atom. The highest BCUT2D eigenvalue weighted by molar-refractivity contribution is 4.87. The molecule has 0 bridgehead atoms. The van der Waals surface area contributed by atoms with Gasteiger partial charge >= 0.3 is 0 Å². The van der Waals surface area contributed by atoms with E-state index in [2.05, 4.69) is 12.2 Å². The van der Waals surface area contributed by atoms with Gasteiger partial charge in [-0.2, -0.15) is 0 Å². The lowest BCUT2D eigenvalue weighted by molar-refractivity contribution is -0.0141. The first kappa shape index (κ1) is 11.0. The fourth-order valence-corrected chi connectivity index (χ4v) is 1.71. The van der Waals surface area contributed by atoms with E-state index in [-0.39, 0.29) is 12.6 Å². The Morgan fingerprint density at radius 2 is 2.15 bits per heavy atom. The van der Waals surface area contributed by atoms with Crippen molar-refractivity contribution in [2.75, 3.05) is 13.2 Å². The Kier molecular flexibility index (Phi) is 4.70. The van der Waals surface area contributed by atoms with Gasteiger partial charge in [0.15, 0.2) is 0 Å². The van der Waals surface area contributed by atoms with Crippen LogP contribution in [-0.2, 0) is 4.74 Å². The number of aliphatic hydroxyl groups is 1. The maximum absolute atomic E-state index is 8.97. The quantitative estimate of drug-likeness (QED) is 0.649. The summed E-state index contributed by atoms with van der Waals surface area (Å²) in [6.45, 7) is 5.18.